The molecule has 0 N–H and O–H groups in total. The van der Waals surface area contributed by atoms with Crippen LogP contribution in [-0.2, 0) is 46.8 Å². The van der Waals surface area contributed by atoms with Crippen LogP contribution in [0.15, 0.2) is 0 Å². The minimum absolute atomic E-state index is 0. The number of halogens is 1. The Morgan fingerprint density at radius 2 is 1.00 bits per heavy atom. The second-order valence-corrected chi connectivity index (χ2v) is 0. The molecule has 0 nitrogen and oxygen atoms in total. The summed E-state index contributed by atoms with van der Waals surface area (Å²) < 4.78 is 0. The van der Waals surface area contributed by atoms with E-state index >= 15 is 0 Å². The average molecular weight is 213 g/mol. The first-order valence-electron chi connectivity index (χ1n) is 0. The first-order valence-corrected chi connectivity index (χ1v) is 0. The summed E-state index contributed by atoms with van der Waals surface area (Å²) in [6.07, 6.45) is 0. The van der Waals surface area contributed by atoms with Crippen LogP contribution in [0.3, 0.4) is 0 Å². The van der Waals surface area contributed by atoms with Gasteiger partial charge in [-0.2, -0.15) is 0 Å². The maximum atomic E-state index is 0. The van der Waals surface area contributed by atoms with Crippen molar-refractivity contribution in [1.29, 1.82) is 0 Å². The average Bonchev–Trinajstić information content (AvgIpc) is 0. The normalized spacial score (nSPS) is 0. The summed E-state index contributed by atoms with van der Waals surface area (Å²) >= 11 is 0. The summed E-state index contributed by atoms with van der Waals surface area (Å²) in [5.41, 5.74) is 0. The molecule has 0 aliphatic carbocycles. The Labute approximate surface area is 58.6 Å². The summed E-state index contributed by atoms with van der Waals surface area (Å²) in [4.78, 5) is 0. The van der Waals surface area contributed by atoms with E-state index in [1.807, 2.05) is 0 Å². The van der Waals surface area contributed by atoms with E-state index in [1.54, 1.807) is 0 Å². The Kier molecular flexibility index (Phi) is 313. The van der Waals surface area contributed by atoms with Crippen molar-refractivity contribution < 1.29 is 51.5 Å². The monoisotopic (exact) mass is 213 g/mol. The van der Waals surface area contributed by atoms with Crippen LogP contribution in [0.5, 0.6) is 0 Å². The molecule has 0 aromatic heterocycles. The molecule has 0 amide bonds. The summed E-state index contributed by atoms with van der Waals surface area (Å²) in [6.45, 7) is 0. The van der Waals surface area contributed by atoms with Crippen LogP contribution in [0.1, 0.15) is 7.43 Å². The first-order chi connectivity index (χ1) is 0. The van der Waals surface area contributed by atoms with E-state index in [0.29, 0.717) is 0 Å². The summed E-state index contributed by atoms with van der Waals surface area (Å²) in [5, 5.41) is 0. The second-order valence-electron chi connectivity index (χ2n) is 0. The maximum absolute atomic E-state index is 0. The maximum Gasteiger partial charge on any atom is 0 e. The van der Waals surface area contributed by atoms with E-state index in [1.165, 1.54) is 0 Å². The van der Waals surface area contributed by atoms with Gasteiger partial charge in [-0.3, -0.25) is 0 Å². The predicted octanol–water partition coefficient (Wildman–Crippen LogP) is 1.05. The molecule has 4 heavy (non-hydrogen) atoms. The van der Waals surface area contributed by atoms with Gasteiger partial charge in [0.1, 0.15) is 0 Å². The third-order valence-corrected chi connectivity index (χ3v) is 0. The van der Waals surface area contributed by atoms with Crippen molar-refractivity contribution in [2.45, 2.75) is 7.43 Å². The Bertz CT molecular complexity index is 8.00. The molecule has 0 aromatic rings. The Hall–Kier alpha value is 1.48. The van der Waals surface area contributed by atoms with Gasteiger partial charge in [-0.15, -0.1) is 0 Å². The Morgan fingerprint density at radius 1 is 1.00 bits per heavy atom. The van der Waals surface area contributed by atoms with Crippen molar-refractivity contribution >= 4 is 0 Å². The molecule has 0 atom stereocenters. The number of rotatable bonds is 0. The van der Waals surface area contributed by atoms with E-state index in [0.717, 1.165) is 0 Å². The SMILES string of the molecule is C.[Cd].[F].[Zn]. The standard InChI is InChI=1S/CH4.Cd.F.Zn/h1H4;;;. The van der Waals surface area contributed by atoms with Crippen LogP contribution in [0.25, 0.3) is 0 Å². The van der Waals surface area contributed by atoms with Gasteiger partial charge in [0, 0.05) is 51.5 Å². The minimum Gasteiger partial charge on any atom is -0.0776 e. The van der Waals surface area contributed by atoms with Crippen molar-refractivity contribution in [2.75, 3.05) is 0 Å². The molecule has 0 aromatic carbocycles. The van der Waals surface area contributed by atoms with Gasteiger partial charge < -0.3 is 0 Å². The second kappa shape index (κ2) is 24.8. The molecule has 0 saturated carbocycles. The topological polar surface area (TPSA) is 0 Å². The molecule has 19 valence electrons. The first kappa shape index (κ1) is 50.4. The van der Waals surface area contributed by atoms with Gasteiger partial charge >= 0.3 is 0 Å². The predicted molar refractivity (Wildman–Crippen MR) is 7.84 cm³/mol. The van der Waals surface area contributed by atoms with Crippen LogP contribution < -0.4 is 0 Å². The van der Waals surface area contributed by atoms with Crippen molar-refractivity contribution in [2.24, 2.45) is 0 Å². The van der Waals surface area contributed by atoms with Crippen LogP contribution in [0, 0.1) is 0 Å². The third kappa shape index (κ3) is 9.78. The summed E-state index contributed by atoms with van der Waals surface area (Å²) in [7, 11) is 0. The van der Waals surface area contributed by atoms with Crippen LogP contribution in [-0.4, -0.2) is 0 Å². The zero-order valence-corrected chi connectivity index (χ0v) is 8.80. The summed E-state index contributed by atoms with van der Waals surface area (Å²) in [5.74, 6) is 0. The van der Waals surface area contributed by atoms with Crippen molar-refractivity contribution in [3.63, 3.8) is 0 Å². The summed E-state index contributed by atoms with van der Waals surface area (Å²) in [6, 6.07) is 0. The van der Waals surface area contributed by atoms with Crippen LogP contribution in [0.4, 0.5) is 4.70 Å². The molecule has 0 fully saturated rings. The van der Waals surface area contributed by atoms with E-state index in [4.69, 9.17) is 0 Å². The Morgan fingerprint density at radius 3 is 1.00 bits per heavy atom. The van der Waals surface area contributed by atoms with Gasteiger partial charge in [0.15, 0.2) is 0 Å². The molecule has 1 radical (unpaired) electrons. The van der Waals surface area contributed by atoms with Crippen LogP contribution in [0.2, 0.25) is 0 Å². The largest absolute Gasteiger partial charge is 0.0776 e. The van der Waals surface area contributed by atoms with Gasteiger partial charge in [0.05, 0.1) is 0 Å². The van der Waals surface area contributed by atoms with Gasteiger partial charge in [0.2, 0.25) is 0 Å². The van der Waals surface area contributed by atoms with E-state index < -0.39 is 0 Å². The van der Waals surface area contributed by atoms with Gasteiger partial charge in [-0.25, -0.2) is 0 Å². The quantitative estimate of drug-likeness (QED) is 0.527. The molecule has 0 bridgehead atoms. The molecule has 0 aliphatic rings. The van der Waals surface area contributed by atoms with Gasteiger partial charge in [-0.05, 0) is 0 Å². The van der Waals surface area contributed by atoms with Gasteiger partial charge in [0.25, 0.3) is 0 Å². The minimum atomic E-state index is 0. The zero-order valence-electron chi connectivity index (χ0n) is 1.79. The van der Waals surface area contributed by atoms with E-state index in [9.17, 15) is 0 Å². The van der Waals surface area contributed by atoms with E-state index in [2.05, 4.69) is 0 Å². The molecular weight excluding hydrogens is 209 g/mol. The molecule has 0 aliphatic heterocycles. The fraction of sp³-hybridized carbons (Fsp3) is 1.00. The van der Waals surface area contributed by atoms with Crippen molar-refractivity contribution in [1.82, 2.24) is 0 Å². The Balaban J connectivity index is 0. The third-order valence-electron chi connectivity index (χ3n) is 0. The van der Waals surface area contributed by atoms with E-state index in [-0.39, 0.29) is 58.9 Å². The fourth-order valence-corrected chi connectivity index (χ4v) is 0. The zero-order chi connectivity index (χ0) is 0. The number of hydrogen-bond donors (Lipinski definition) is 0. The molecular formula is CH4CdFZn. The van der Waals surface area contributed by atoms with Gasteiger partial charge in [-0.1, -0.05) is 7.43 Å². The number of hydrogen-bond acceptors (Lipinski definition) is 0. The van der Waals surface area contributed by atoms with Crippen molar-refractivity contribution in [3.05, 3.63) is 0 Å². The molecule has 0 saturated heterocycles. The molecule has 3 heteroatoms. The molecule has 0 spiro atoms. The molecule has 0 heterocycles. The molecule has 0 rings (SSSR count). The van der Waals surface area contributed by atoms with Crippen molar-refractivity contribution in [3.8, 4) is 0 Å². The molecule has 0 unspecified atom stereocenters. The smallest absolute Gasteiger partial charge is 0 e. The van der Waals surface area contributed by atoms with Crippen LogP contribution >= 0.6 is 0 Å². The fourth-order valence-electron chi connectivity index (χ4n) is 0.